The van der Waals surface area contributed by atoms with E-state index in [0.29, 0.717) is 11.3 Å². The first-order valence-electron chi connectivity index (χ1n) is 3.19. The zero-order chi connectivity index (χ0) is 7.68. The molecule has 1 aliphatic rings. The summed E-state index contributed by atoms with van der Waals surface area (Å²) < 4.78 is 4.91. The number of ether oxygens (including phenoxy) is 1. The van der Waals surface area contributed by atoms with E-state index in [4.69, 9.17) is 4.74 Å². The molecule has 0 unspecified atom stereocenters. The molecule has 0 atom stereocenters. The van der Waals surface area contributed by atoms with Gasteiger partial charge in [0.15, 0.2) is 0 Å². The Balaban J connectivity index is 2.52. The van der Waals surface area contributed by atoms with E-state index >= 15 is 0 Å². The number of amides is 1. The molecular weight excluding hydrogens is 142 g/mol. The summed E-state index contributed by atoms with van der Waals surface area (Å²) in [6.45, 7) is 2.29. The molecular formula is C8H5NO2. The summed E-state index contributed by atoms with van der Waals surface area (Å²) in [6.07, 6.45) is 0. The average molecular weight is 147 g/mol. The minimum absolute atomic E-state index is 0.174. The predicted octanol–water partition coefficient (Wildman–Crippen LogP) is 0.805. The van der Waals surface area contributed by atoms with Gasteiger partial charge in [0.2, 0.25) is 0 Å². The van der Waals surface area contributed by atoms with E-state index in [-0.39, 0.29) is 5.91 Å². The number of nitrogens with one attached hydrogen (secondary N) is 1. The first kappa shape index (κ1) is 6.22. The first-order chi connectivity index (χ1) is 5.38. The van der Waals surface area contributed by atoms with E-state index in [1.54, 1.807) is 24.3 Å². The van der Waals surface area contributed by atoms with Crippen molar-refractivity contribution in [2.45, 2.75) is 0 Å². The Morgan fingerprint density at radius 1 is 1.36 bits per heavy atom. The minimum Gasteiger partial charge on any atom is -0.454 e. The molecule has 1 N–H and O–H groups in total. The third kappa shape index (κ3) is 0.941. The highest BCUT2D eigenvalue weighted by atomic mass is 16.5. The molecule has 0 fully saturated rings. The van der Waals surface area contributed by atoms with Gasteiger partial charge in [-0.2, -0.15) is 0 Å². The summed E-state index contributed by atoms with van der Waals surface area (Å²) >= 11 is 0. The van der Waals surface area contributed by atoms with Crippen LogP contribution in [0.15, 0.2) is 24.3 Å². The van der Waals surface area contributed by atoms with Crippen molar-refractivity contribution in [2.24, 2.45) is 0 Å². The van der Waals surface area contributed by atoms with Gasteiger partial charge >= 0.3 is 6.73 Å². The monoisotopic (exact) mass is 147 g/mol. The van der Waals surface area contributed by atoms with Crippen LogP contribution < -0.4 is 10.1 Å². The molecule has 1 amide bonds. The Morgan fingerprint density at radius 2 is 2.18 bits per heavy atom. The summed E-state index contributed by atoms with van der Waals surface area (Å²) in [6, 6.07) is 7.01. The summed E-state index contributed by atoms with van der Waals surface area (Å²) in [5.41, 5.74) is 0.547. The lowest BCUT2D eigenvalue weighted by molar-refractivity contribution is 0.0922. The maximum atomic E-state index is 11.0. The number of rotatable bonds is 0. The van der Waals surface area contributed by atoms with Gasteiger partial charge in [0.1, 0.15) is 5.75 Å². The number of fused-ring (bicyclic) bond motifs is 1. The quantitative estimate of drug-likeness (QED) is 0.589. The molecule has 1 aromatic carbocycles. The highest BCUT2D eigenvalue weighted by molar-refractivity contribution is 5.98. The molecule has 11 heavy (non-hydrogen) atoms. The highest BCUT2D eigenvalue weighted by Gasteiger charge is 2.17. The van der Waals surface area contributed by atoms with Crippen molar-refractivity contribution >= 4 is 5.91 Å². The Morgan fingerprint density at radius 3 is 3.00 bits per heavy atom. The van der Waals surface area contributed by atoms with Gasteiger partial charge in [0.05, 0.1) is 5.56 Å². The van der Waals surface area contributed by atoms with Crippen molar-refractivity contribution in [3.8, 4) is 5.75 Å². The lowest BCUT2D eigenvalue weighted by Gasteiger charge is -2.14. The summed E-state index contributed by atoms with van der Waals surface area (Å²) in [5.74, 6) is 0.378. The van der Waals surface area contributed by atoms with E-state index in [9.17, 15) is 4.79 Å². The zero-order valence-electron chi connectivity index (χ0n) is 5.63. The van der Waals surface area contributed by atoms with E-state index in [2.05, 4.69) is 12.0 Å². The fraction of sp³-hybridized carbons (Fsp3) is 0. The third-order valence-electron chi connectivity index (χ3n) is 1.46. The standard InChI is InChI=1S/C8H5NO2/c10-8-6-3-1-2-4-7(6)11-5-9-8/h1-4H,(H,9,10). The van der Waals surface area contributed by atoms with E-state index in [1.165, 1.54) is 0 Å². The molecule has 0 saturated carbocycles. The number of hydrogen-bond donors (Lipinski definition) is 1. The van der Waals surface area contributed by atoms with Crippen LogP contribution in [0.3, 0.4) is 0 Å². The second kappa shape index (κ2) is 2.27. The topological polar surface area (TPSA) is 38.3 Å². The Kier molecular flexibility index (Phi) is 1.28. The van der Waals surface area contributed by atoms with Gasteiger partial charge in [-0.25, -0.2) is 0 Å². The minimum atomic E-state index is -0.174. The van der Waals surface area contributed by atoms with Crippen LogP contribution in [0.25, 0.3) is 0 Å². The van der Waals surface area contributed by atoms with Crippen LogP contribution in [0, 0.1) is 6.73 Å². The molecule has 0 saturated heterocycles. The molecule has 0 aromatic heterocycles. The van der Waals surface area contributed by atoms with Crippen LogP contribution in [0.4, 0.5) is 0 Å². The van der Waals surface area contributed by atoms with Crippen LogP contribution in [-0.2, 0) is 0 Å². The number of carbonyl (C=O) groups excluding carboxylic acids is 1. The van der Waals surface area contributed by atoms with Gasteiger partial charge in [0.25, 0.3) is 5.91 Å². The molecule has 1 aliphatic heterocycles. The molecule has 3 nitrogen and oxygen atoms in total. The molecule has 1 heterocycles. The second-order valence-corrected chi connectivity index (χ2v) is 2.15. The number of carbonyl (C=O) groups is 1. The molecule has 0 aliphatic carbocycles. The van der Waals surface area contributed by atoms with E-state index < -0.39 is 0 Å². The lowest BCUT2D eigenvalue weighted by Crippen LogP contribution is -2.28. The van der Waals surface area contributed by atoms with Gasteiger partial charge < -0.3 is 10.1 Å². The maximum absolute atomic E-state index is 11.0. The Labute approximate surface area is 64.0 Å². The third-order valence-corrected chi connectivity index (χ3v) is 1.46. The van der Waals surface area contributed by atoms with Crippen molar-refractivity contribution in [3.63, 3.8) is 0 Å². The van der Waals surface area contributed by atoms with E-state index in [0.717, 1.165) is 0 Å². The predicted molar refractivity (Wildman–Crippen MR) is 37.8 cm³/mol. The molecule has 0 bridgehead atoms. The van der Waals surface area contributed by atoms with Gasteiger partial charge in [-0.1, -0.05) is 12.1 Å². The lowest BCUT2D eigenvalue weighted by atomic mass is 10.2. The van der Waals surface area contributed by atoms with Crippen LogP contribution in [-0.4, -0.2) is 5.91 Å². The van der Waals surface area contributed by atoms with Gasteiger partial charge in [-0.15, -0.1) is 0 Å². The maximum Gasteiger partial charge on any atom is 0.315 e. The Hall–Kier alpha value is -1.51. The van der Waals surface area contributed by atoms with Crippen LogP contribution in [0.5, 0.6) is 5.75 Å². The van der Waals surface area contributed by atoms with Crippen molar-refractivity contribution in [3.05, 3.63) is 36.6 Å². The van der Waals surface area contributed by atoms with Crippen LogP contribution in [0.1, 0.15) is 10.4 Å². The van der Waals surface area contributed by atoms with Crippen LogP contribution in [0.2, 0.25) is 0 Å². The fourth-order valence-corrected chi connectivity index (χ4v) is 0.937. The number of hydrogen-bond acceptors (Lipinski definition) is 2. The van der Waals surface area contributed by atoms with Gasteiger partial charge in [-0.05, 0) is 12.1 Å². The first-order valence-corrected chi connectivity index (χ1v) is 3.19. The number of benzene rings is 1. The summed E-state index contributed by atoms with van der Waals surface area (Å²) in [4.78, 5) is 11.0. The van der Waals surface area contributed by atoms with Crippen LogP contribution >= 0.6 is 0 Å². The van der Waals surface area contributed by atoms with E-state index in [1.807, 2.05) is 0 Å². The second-order valence-electron chi connectivity index (χ2n) is 2.15. The molecule has 3 heteroatoms. The molecule has 2 radical (unpaired) electrons. The number of para-hydroxylation sites is 1. The van der Waals surface area contributed by atoms with Crippen molar-refractivity contribution in [1.29, 1.82) is 0 Å². The summed E-state index contributed by atoms with van der Waals surface area (Å²) in [5, 5.41) is 2.33. The molecule has 2 rings (SSSR count). The zero-order valence-corrected chi connectivity index (χ0v) is 5.63. The SMILES string of the molecule is O=C1N[C]Oc2ccccc21. The Bertz CT molecular complexity index is 296. The van der Waals surface area contributed by atoms with Gasteiger partial charge in [0, 0.05) is 0 Å². The van der Waals surface area contributed by atoms with Crippen molar-refractivity contribution < 1.29 is 9.53 Å². The highest BCUT2D eigenvalue weighted by Crippen LogP contribution is 2.20. The smallest absolute Gasteiger partial charge is 0.315 e. The average Bonchev–Trinajstić information content (AvgIpc) is 2.06. The normalized spacial score (nSPS) is 14.7. The molecule has 1 aromatic rings. The van der Waals surface area contributed by atoms with Gasteiger partial charge in [-0.3, -0.25) is 4.79 Å². The van der Waals surface area contributed by atoms with Crippen molar-refractivity contribution in [2.75, 3.05) is 0 Å². The molecule has 54 valence electrons. The van der Waals surface area contributed by atoms with Crippen molar-refractivity contribution in [1.82, 2.24) is 5.32 Å². The molecule has 0 spiro atoms. The largest absolute Gasteiger partial charge is 0.454 e. The fourth-order valence-electron chi connectivity index (χ4n) is 0.937. The summed E-state index contributed by atoms with van der Waals surface area (Å²) in [7, 11) is 0.